The van der Waals surface area contributed by atoms with Crippen molar-refractivity contribution in [1.29, 1.82) is 5.26 Å². The van der Waals surface area contributed by atoms with Crippen molar-refractivity contribution in [2.75, 3.05) is 0 Å². The molecule has 0 radical (unpaired) electrons. The van der Waals surface area contributed by atoms with E-state index >= 15 is 0 Å². The predicted octanol–water partition coefficient (Wildman–Crippen LogP) is 2.03. The van der Waals surface area contributed by atoms with Crippen LogP contribution in [0.5, 0.6) is 0 Å². The van der Waals surface area contributed by atoms with Gasteiger partial charge in [0.25, 0.3) is 5.91 Å². The van der Waals surface area contributed by atoms with Crippen LogP contribution in [-0.2, 0) is 4.79 Å². The fourth-order valence-electron chi connectivity index (χ4n) is 1.16. The summed E-state index contributed by atoms with van der Waals surface area (Å²) in [4.78, 5) is 10.7. The van der Waals surface area contributed by atoms with E-state index in [1.165, 1.54) is 6.08 Å². The molecule has 2 N–H and O–H groups in total. The van der Waals surface area contributed by atoms with E-state index in [0.717, 1.165) is 5.56 Å². The highest BCUT2D eigenvalue weighted by Gasteiger charge is 1.99. The van der Waals surface area contributed by atoms with Crippen molar-refractivity contribution in [3.8, 4) is 6.07 Å². The number of hydrogen-bond acceptors (Lipinski definition) is 2. The Morgan fingerprint density at radius 2 is 2.06 bits per heavy atom. The molecule has 0 aliphatic carbocycles. The molecule has 1 aromatic carbocycles. The molecule has 0 fully saturated rings. The Bertz CT molecular complexity index is 453. The number of hydrogen-bond donors (Lipinski definition) is 1. The van der Waals surface area contributed by atoms with Crippen molar-refractivity contribution in [3.63, 3.8) is 0 Å². The number of amides is 1. The van der Waals surface area contributed by atoms with Crippen LogP contribution in [0.25, 0.3) is 6.08 Å². The van der Waals surface area contributed by atoms with Gasteiger partial charge in [-0.3, -0.25) is 4.79 Å². The number of allylic oxidation sites excluding steroid dienone is 2. The van der Waals surface area contributed by atoms with E-state index in [4.69, 9.17) is 11.0 Å². The second-order valence-electron chi connectivity index (χ2n) is 3.14. The summed E-state index contributed by atoms with van der Waals surface area (Å²) in [6, 6.07) is 11.5. The second-order valence-corrected chi connectivity index (χ2v) is 3.14. The number of nitrogens with zero attached hydrogens (tertiary/aromatic N) is 1. The molecule has 0 spiro atoms. The molecule has 0 atom stereocenters. The molecule has 0 aliphatic heterocycles. The van der Waals surface area contributed by atoms with Gasteiger partial charge in [-0.05, 0) is 12.0 Å². The number of carbonyl (C=O) groups excluding carboxylic acids is 1. The van der Waals surface area contributed by atoms with Crippen LogP contribution in [0.3, 0.4) is 0 Å². The minimum atomic E-state index is -0.685. The topological polar surface area (TPSA) is 66.9 Å². The third-order valence-electron chi connectivity index (χ3n) is 1.95. The standard InChI is InChI=1S/C13H12N2O/c14-10-12(13(15)16)9-5-4-8-11-6-2-1-3-7-11/h1-4,6-9H,5H2,(H2,15,16)/b8-4+,12-9+. The van der Waals surface area contributed by atoms with Gasteiger partial charge in [-0.15, -0.1) is 0 Å². The monoisotopic (exact) mass is 212 g/mol. The van der Waals surface area contributed by atoms with Gasteiger partial charge in [-0.2, -0.15) is 5.26 Å². The number of nitriles is 1. The molecule has 0 bridgehead atoms. The lowest BCUT2D eigenvalue weighted by atomic mass is 10.2. The van der Waals surface area contributed by atoms with Gasteiger partial charge in [-0.1, -0.05) is 48.6 Å². The van der Waals surface area contributed by atoms with Gasteiger partial charge in [0.2, 0.25) is 0 Å². The van der Waals surface area contributed by atoms with E-state index in [-0.39, 0.29) is 5.57 Å². The molecule has 0 aromatic heterocycles. The van der Waals surface area contributed by atoms with Crippen LogP contribution in [0.1, 0.15) is 12.0 Å². The van der Waals surface area contributed by atoms with Crippen molar-refractivity contribution < 1.29 is 4.79 Å². The number of rotatable bonds is 4. The zero-order valence-electron chi connectivity index (χ0n) is 8.76. The van der Waals surface area contributed by atoms with Crippen LogP contribution in [0.4, 0.5) is 0 Å². The number of primary amides is 1. The van der Waals surface area contributed by atoms with Gasteiger partial charge in [0.05, 0.1) is 0 Å². The summed E-state index contributed by atoms with van der Waals surface area (Å²) >= 11 is 0. The first-order chi connectivity index (χ1) is 7.74. The van der Waals surface area contributed by atoms with Gasteiger partial charge in [0.15, 0.2) is 0 Å². The van der Waals surface area contributed by atoms with Gasteiger partial charge in [0, 0.05) is 0 Å². The van der Waals surface area contributed by atoms with Crippen LogP contribution < -0.4 is 5.73 Å². The molecule has 1 rings (SSSR count). The summed E-state index contributed by atoms with van der Waals surface area (Å²) in [6.45, 7) is 0. The van der Waals surface area contributed by atoms with Crippen molar-refractivity contribution in [1.82, 2.24) is 0 Å². The van der Waals surface area contributed by atoms with Crippen LogP contribution in [0, 0.1) is 11.3 Å². The summed E-state index contributed by atoms with van der Waals surface area (Å²) in [7, 11) is 0. The zero-order chi connectivity index (χ0) is 11.8. The third-order valence-corrected chi connectivity index (χ3v) is 1.95. The van der Waals surface area contributed by atoms with Gasteiger partial charge < -0.3 is 5.73 Å². The van der Waals surface area contributed by atoms with Crippen LogP contribution in [-0.4, -0.2) is 5.91 Å². The number of carbonyl (C=O) groups is 1. The van der Waals surface area contributed by atoms with Crippen molar-refractivity contribution in [3.05, 3.63) is 53.6 Å². The molecule has 0 heterocycles. The Hall–Kier alpha value is -2.34. The predicted molar refractivity (Wildman–Crippen MR) is 63.0 cm³/mol. The van der Waals surface area contributed by atoms with Crippen molar-refractivity contribution in [2.45, 2.75) is 6.42 Å². The molecule has 3 nitrogen and oxygen atoms in total. The number of nitrogens with two attached hydrogens (primary N) is 1. The minimum Gasteiger partial charge on any atom is -0.365 e. The summed E-state index contributed by atoms with van der Waals surface area (Å²) in [5.74, 6) is -0.685. The van der Waals surface area contributed by atoms with E-state index in [1.807, 2.05) is 42.5 Å². The van der Waals surface area contributed by atoms with Crippen molar-refractivity contribution in [2.24, 2.45) is 5.73 Å². The average molecular weight is 212 g/mol. The Balaban J connectivity index is 2.56. The maximum Gasteiger partial charge on any atom is 0.259 e. The molecule has 0 unspecified atom stereocenters. The SMILES string of the molecule is N#C/C(=C\C/C=C/c1ccccc1)C(N)=O. The lowest BCUT2D eigenvalue weighted by molar-refractivity contribution is -0.114. The summed E-state index contributed by atoms with van der Waals surface area (Å²) in [5, 5.41) is 8.57. The smallest absolute Gasteiger partial charge is 0.259 e. The van der Waals surface area contributed by atoms with E-state index < -0.39 is 5.91 Å². The van der Waals surface area contributed by atoms with Crippen LogP contribution >= 0.6 is 0 Å². The van der Waals surface area contributed by atoms with E-state index in [9.17, 15) is 4.79 Å². The first kappa shape index (κ1) is 11.7. The molecular weight excluding hydrogens is 200 g/mol. The third kappa shape index (κ3) is 3.81. The van der Waals surface area contributed by atoms with Crippen LogP contribution in [0.2, 0.25) is 0 Å². The van der Waals surface area contributed by atoms with Gasteiger partial charge >= 0.3 is 0 Å². The lowest BCUT2D eigenvalue weighted by Gasteiger charge is -1.91. The maximum absolute atomic E-state index is 10.7. The van der Waals surface area contributed by atoms with Gasteiger partial charge in [0.1, 0.15) is 11.6 Å². The van der Waals surface area contributed by atoms with Crippen molar-refractivity contribution >= 4 is 12.0 Å². The molecule has 3 heteroatoms. The first-order valence-corrected chi connectivity index (χ1v) is 4.85. The zero-order valence-corrected chi connectivity index (χ0v) is 8.76. The quantitative estimate of drug-likeness (QED) is 0.613. The summed E-state index contributed by atoms with van der Waals surface area (Å²) in [5.41, 5.74) is 6.06. The maximum atomic E-state index is 10.7. The first-order valence-electron chi connectivity index (χ1n) is 4.85. The van der Waals surface area contributed by atoms with E-state index in [1.54, 1.807) is 6.07 Å². The highest BCUT2D eigenvalue weighted by atomic mass is 16.1. The molecule has 1 amide bonds. The number of benzene rings is 1. The van der Waals surface area contributed by atoms with E-state index in [2.05, 4.69) is 0 Å². The molecule has 1 aromatic rings. The summed E-state index contributed by atoms with van der Waals surface area (Å²) < 4.78 is 0. The fourth-order valence-corrected chi connectivity index (χ4v) is 1.16. The Morgan fingerprint density at radius 1 is 1.38 bits per heavy atom. The Labute approximate surface area is 94.5 Å². The molecule has 0 aliphatic rings. The highest BCUT2D eigenvalue weighted by Crippen LogP contribution is 2.03. The minimum absolute atomic E-state index is 0.00212. The lowest BCUT2D eigenvalue weighted by Crippen LogP contribution is -2.12. The largest absolute Gasteiger partial charge is 0.365 e. The highest BCUT2D eigenvalue weighted by molar-refractivity contribution is 5.95. The van der Waals surface area contributed by atoms with Crippen LogP contribution in [0.15, 0.2) is 48.1 Å². The molecule has 0 saturated heterocycles. The summed E-state index contributed by atoms with van der Waals surface area (Å²) in [6.07, 6.45) is 5.82. The average Bonchev–Trinajstić information content (AvgIpc) is 2.30. The molecule has 16 heavy (non-hydrogen) atoms. The van der Waals surface area contributed by atoms with Gasteiger partial charge in [-0.25, -0.2) is 0 Å². The van der Waals surface area contributed by atoms with E-state index in [0.29, 0.717) is 6.42 Å². The molecule has 0 saturated carbocycles. The molecule has 80 valence electrons. The Kier molecular flexibility index (Phi) is 4.55. The Morgan fingerprint density at radius 3 is 2.62 bits per heavy atom. The molecular formula is C13H12N2O. The fraction of sp³-hybridized carbons (Fsp3) is 0.0769. The second kappa shape index (κ2) is 6.20. The normalized spacial score (nSPS) is 11.3.